The number of hydrogen-bond acceptors (Lipinski definition) is 11. The number of carbonyl (C=O) groups excluding carboxylic acids is 3. The molecule has 2 aliphatic carbocycles. The molecule has 3 aromatic rings. The monoisotopic (exact) mass is 958 g/mol. The van der Waals surface area contributed by atoms with Crippen LogP contribution in [-0.4, -0.2) is 110 Å². The van der Waals surface area contributed by atoms with Gasteiger partial charge in [0.1, 0.15) is 51.5 Å². The number of nitrogens with one attached hydrogen (secondary N) is 2. The Morgan fingerprint density at radius 3 is 2.35 bits per heavy atom. The maximum Gasteiger partial charge on any atom is 0.411 e. The first-order valence-electron chi connectivity index (χ1n) is 22.2. The molecule has 3 N–H and O–H groups in total. The summed E-state index contributed by atoms with van der Waals surface area (Å²) in [4.78, 5) is 67.6. The molecule has 4 aliphatic rings. The summed E-state index contributed by atoms with van der Waals surface area (Å²) in [6.45, 7) is 9.75. The van der Waals surface area contributed by atoms with Crippen LogP contribution in [-0.2, 0) is 24.4 Å². The number of carboxylic acid groups (broad SMARTS) is 1. The van der Waals surface area contributed by atoms with E-state index in [2.05, 4.69) is 15.0 Å². The molecular formula is C46H57F3N6O9S2. The highest BCUT2D eigenvalue weighted by atomic mass is 32.2. The number of halogens is 3. The van der Waals surface area contributed by atoms with Gasteiger partial charge in [-0.1, -0.05) is 26.0 Å². The number of carbonyl (C=O) groups is 4. The molecule has 7 atom stereocenters. The van der Waals surface area contributed by atoms with E-state index in [4.69, 9.17) is 14.5 Å². The van der Waals surface area contributed by atoms with Gasteiger partial charge in [-0.25, -0.2) is 23.2 Å². The van der Waals surface area contributed by atoms with Crippen molar-refractivity contribution in [3.8, 4) is 33.5 Å². The Kier molecular flexibility index (Phi) is 13.4. The fraction of sp³-hybridized carbons (Fsp3) is 0.565. The van der Waals surface area contributed by atoms with Gasteiger partial charge in [0, 0.05) is 41.6 Å². The molecule has 20 heteroatoms. The minimum absolute atomic E-state index is 0.0412. The average molecular weight is 959 g/mol. The quantitative estimate of drug-likeness (QED) is 0.160. The fourth-order valence-corrected chi connectivity index (χ4v) is 10.8. The highest BCUT2D eigenvalue weighted by Gasteiger charge is 2.64. The third-order valence-corrected chi connectivity index (χ3v) is 16.2. The number of benzene rings is 1. The number of hydrogen-bond donors (Lipinski definition) is 3. The Hall–Kier alpha value is -5.24. The van der Waals surface area contributed by atoms with E-state index in [1.54, 1.807) is 41.9 Å². The largest absolute Gasteiger partial charge is 0.491 e. The molecule has 2 aromatic heterocycles. The summed E-state index contributed by atoms with van der Waals surface area (Å²) >= 11 is 1.33. The molecule has 2 aliphatic heterocycles. The molecule has 4 heterocycles. The number of aromatic nitrogens is 2. The van der Waals surface area contributed by atoms with Crippen molar-refractivity contribution in [3.63, 3.8) is 0 Å². The molecule has 1 saturated heterocycles. The Morgan fingerprint density at radius 2 is 1.74 bits per heavy atom. The number of nitrogens with zero attached hydrogens (tertiary/aromatic N) is 4. The van der Waals surface area contributed by atoms with Gasteiger partial charge < -0.3 is 24.8 Å². The van der Waals surface area contributed by atoms with Gasteiger partial charge in [-0.05, 0) is 109 Å². The minimum Gasteiger partial charge on any atom is -0.491 e. The summed E-state index contributed by atoms with van der Waals surface area (Å²) < 4.78 is 84.6. The number of alkyl halides is 3. The van der Waals surface area contributed by atoms with Gasteiger partial charge in [0.05, 0.1) is 23.1 Å². The van der Waals surface area contributed by atoms with Crippen LogP contribution in [0.2, 0.25) is 0 Å². The number of ether oxygens (including phenoxy) is 2. The lowest BCUT2D eigenvalue weighted by atomic mass is 9.85. The summed E-state index contributed by atoms with van der Waals surface area (Å²) in [7, 11) is -4.14. The number of allylic oxidation sites excluding steroid dienone is 1. The van der Waals surface area contributed by atoms with Gasteiger partial charge >= 0.3 is 12.3 Å². The van der Waals surface area contributed by atoms with Crippen LogP contribution in [0.15, 0.2) is 60.1 Å². The van der Waals surface area contributed by atoms with E-state index in [1.165, 1.54) is 25.2 Å². The zero-order valence-electron chi connectivity index (χ0n) is 37.9. The van der Waals surface area contributed by atoms with Gasteiger partial charge in [-0.3, -0.25) is 24.0 Å². The van der Waals surface area contributed by atoms with Gasteiger partial charge in [0.2, 0.25) is 21.8 Å². The second kappa shape index (κ2) is 18.1. The predicted molar refractivity (Wildman–Crippen MR) is 240 cm³/mol. The molecular weight excluding hydrogens is 902 g/mol. The Bertz CT molecular complexity index is 2460. The zero-order valence-corrected chi connectivity index (χ0v) is 39.6. The lowest BCUT2D eigenvalue weighted by Crippen LogP contribution is -2.66. The third kappa shape index (κ3) is 9.89. The highest BCUT2D eigenvalue weighted by molar-refractivity contribution is 7.91. The molecule has 0 spiro atoms. The topological polar surface area (TPSA) is 197 Å². The highest BCUT2D eigenvalue weighted by Crippen LogP contribution is 2.48. The summed E-state index contributed by atoms with van der Waals surface area (Å²) in [6, 6.07) is 7.14. The second-order valence-corrected chi connectivity index (χ2v) is 22.3. The van der Waals surface area contributed by atoms with E-state index in [1.807, 2.05) is 39.0 Å². The molecule has 7 rings (SSSR count). The van der Waals surface area contributed by atoms with Crippen LogP contribution in [0.3, 0.4) is 0 Å². The fourth-order valence-electron chi connectivity index (χ4n) is 8.93. The first-order chi connectivity index (χ1) is 30.9. The van der Waals surface area contributed by atoms with E-state index >= 15 is 4.79 Å². The Labute approximate surface area is 386 Å². The molecule has 15 nitrogen and oxygen atoms in total. The average Bonchev–Trinajstić information content (AvgIpc) is 3.98. The van der Waals surface area contributed by atoms with Crippen LogP contribution in [0.1, 0.15) is 93.4 Å². The maximum atomic E-state index is 15.2. The number of amides is 4. The van der Waals surface area contributed by atoms with Gasteiger partial charge in [-0.15, -0.1) is 11.3 Å². The normalized spacial score (nSPS) is 26.9. The molecule has 2 saturated carbocycles. The summed E-state index contributed by atoms with van der Waals surface area (Å²) in [6.07, 6.45) is -1.36. The summed E-state index contributed by atoms with van der Waals surface area (Å²) in [5, 5.41) is 15.7. The second-order valence-electron chi connectivity index (χ2n) is 19.2. The smallest absolute Gasteiger partial charge is 0.411 e. The van der Waals surface area contributed by atoms with Gasteiger partial charge in [0.25, 0.3) is 5.91 Å². The molecule has 358 valence electrons. The SMILES string of the molecule is CC(C)Oc1ccc(-c2cc(O[C@@H]3C[C@H]4C(=O)N[C@]5(C(=O)NS(=O)(=O)C6(C)CC6)C[C@H]5C=CCC[C@@H](C)C[C@@H](C)[C@H](N(C(=O)O)C(C)(C)C(F)(F)F)C(=O)N4C3)cc(-c3nccs3)n2)cc1. The number of rotatable bonds is 11. The molecule has 0 radical (unpaired) electrons. The number of pyridine rings is 1. The van der Waals surface area contributed by atoms with E-state index in [0.717, 1.165) is 4.90 Å². The zero-order chi connectivity index (χ0) is 48.1. The molecule has 3 fully saturated rings. The van der Waals surface area contributed by atoms with Crippen LogP contribution >= 0.6 is 11.3 Å². The van der Waals surface area contributed by atoms with Crippen molar-refractivity contribution in [2.75, 3.05) is 6.54 Å². The molecule has 0 bridgehead atoms. The standard InChI is InChI=1S/C46H57F3N6O9S2/c1-26(2)63-31-14-12-29(13-15-31)34-21-32(22-35(51-34)39-50-18-19-65-39)64-33-23-36-38(56)52-45(41(58)53-66(61,62)44(7)16-17-44)24-30(45)11-9-8-10-27(3)20-28(4)37(40(57)54(36)25-33)55(42(59)60)43(5,6)46(47,48)49/h9,11-15,18-19,21-22,26-28,30,33,36-37H,8,10,16-17,20,23-25H2,1-7H3,(H,52,56)(H,53,58)(H,59,60)/t27-,28-,30-,33-,36+,37+,45-/m1/s1. The number of thiazole rings is 1. The van der Waals surface area contributed by atoms with Crippen LogP contribution < -0.4 is 19.5 Å². The Balaban J connectivity index is 1.29. The van der Waals surface area contributed by atoms with Crippen LogP contribution in [0, 0.1) is 17.8 Å². The van der Waals surface area contributed by atoms with Crippen molar-refractivity contribution in [2.24, 2.45) is 17.8 Å². The molecule has 1 aromatic carbocycles. The third-order valence-electron chi connectivity index (χ3n) is 13.3. The lowest BCUT2D eigenvalue weighted by Gasteiger charge is -2.45. The Morgan fingerprint density at radius 1 is 1.06 bits per heavy atom. The van der Waals surface area contributed by atoms with Crippen molar-refractivity contribution >= 4 is 45.2 Å². The summed E-state index contributed by atoms with van der Waals surface area (Å²) in [5.74, 6) is -3.76. The number of sulfonamides is 1. The lowest BCUT2D eigenvalue weighted by molar-refractivity contribution is -0.222. The van der Waals surface area contributed by atoms with Crippen LogP contribution in [0.4, 0.5) is 18.0 Å². The molecule has 66 heavy (non-hydrogen) atoms. The van der Waals surface area contributed by atoms with Gasteiger partial charge in [-0.2, -0.15) is 13.2 Å². The van der Waals surface area contributed by atoms with Gasteiger partial charge in [0.15, 0.2) is 0 Å². The van der Waals surface area contributed by atoms with E-state index in [9.17, 15) is 41.1 Å². The summed E-state index contributed by atoms with van der Waals surface area (Å²) in [5.41, 5.74) is -3.15. The van der Waals surface area contributed by atoms with Crippen LogP contribution in [0.25, 0.3) is 22.0 Å². The van der Waals surface area contributed by atoms with Crippen molar-refractivity contribution < 1.29 is 55.3 Å². The van der Waals surface area contributed by atoms with E-state index in [-0.39, 0.29) is 48.5 Å². The first kappa shape index (κ1) is 48.7. The maximum absolute atomic E-state index is 15.2. The van der Waals surface area contributed by atoms with Crippen molar-refractivity contribution in [1.29, 1.82) is 0 Å². The van der Waals surface area contributed by atoms with E-state index < -0.39 is 85.9 Å². The molecule has 0 unspecified atom stereocenters. The first-order valence-corrected chi connectivity index (χ1v) is 24.5. The van der Waals surface area contributed by atoms with Crippen molar-refractivity contribution in [1.82, 2.24) is 29.8 Å². The van der Waals surface area contributed by atoms with Crippen molar-refractivity contribution in [2.45, 2.75) is 140 Å². The predicted octanol–water partition coefficient (Wildman–Crippen LogP) is 7.58. The minimum atomic E-state index is -5.11. The van der Waals surface area contributed by atoms with E-state index in [0.29, 0.717) is 67.2 Å². The van der Waals surface area contributed by atoms with Crippen molar-refractivity contribution in [3.05, 3.63) is 60.1 Å². The molecule has 4 amide bonds. The van der Waals surface area contributed by atoms with Crippen LogP contribution in [0.5, 0.6) is 11.5 Å². The number of fused-ring (bicyclic) bond motifs is 2.